The lowest BCUT2D eigenvalue weighted by molar-refractivity contribution is 0.0679. The van der Waals surface area contributed by atoms with Gasteiger partial charge in [0.2, 0.25) is 0 Å². The lowest BCUT2D eigenvalue weighted by atomic mass is 10.0. The molecule has 144 valence electrons. The number of carboxylic acid groups (broad SMARTS) is 2. The van der Waals surface area contributed by atoms with Gasteiger partial charge < -0.3 is 25.2 Å². The van der Waals surface area contributed by atoms with Crippen molar-refractivity contribution in [3.8, 4) is 23.0 Å². The molecule has 0 unspecified atom stereocenters. The van der Waals surface area contributed by atoms with Crippen LogP contribution in [0.2, 0.25) is 0 Å². The second kappa shape index (κ2) is 6.72. The maximum absolute atomic E-state index is 11.8. The van der Waals surface area contributed by atoms with Crippen molar-refractivity contribution in [3.05, 3.63) is 71.8 Å². The van der Waals surface area contributed by atoms with Crippen LogP contribution >= 0.6 is 0 Å². The first kappa shape index (κ1) is 18.1. The van der Waals surface area contributed by atoms with Gasteiger partial charge in [0.25, 0.3) is 0 Å². The summed E-state index contributed by atoms with van der Waals surface area (Å²) in [4.78, 5) is 23.4. The molecule has 0 aliphatic rings. The van der Waals surface area contributed by atoms with Gasteiger partial charge in [-0.15, -0.1) is 0 Å². The average molecular weight is 390 g/mol. The van der Waals surface area contributed by atoms with Gasteiger partial charge in [0.05, 0.1) is 0 Å². The molecule has 29 heavy (non-hydrogen) atoms. The molecule has 0 bridgehead atoms. The number of carbonyl (C=O) groups is 2. The lowest BCUT2D eigenvalue weighted by Gasteiger charge is -2.17. The van der Waals surface area contributed by atoms with Crippen molar-refractivity contribution in [1.82, 2.24) is 0 Å². The van der Waals surface area contributed by atoms with E-state index in [1.165, 1.54) is 12.1 Å². The van der Waals surface area contributed by atoms with Crippen molar-refractivity contribution in [2.24, 2.45) is 0 Å². The molecule has 7 heteroatoms. The summed E-state index contributed by atoms with van der Waals surface area (Å²) < 4.78 is 5.85. The summed E-state index contributed by atoms with van der Waals surface area (Å²) in [6.07, 6.45) is 0. The largest absolute Gasteiger partial charge is 0.507 e. The van der Waals surface area contributed by atoms with Gasteiger partial charge in [-0.25, -0.2) is 9.59 Å². The van der Waals surface area contributed by atoms with Crippen LogP contribution in [0.25, 0.3) is 21.5 Å². The van der Waals surface area contributed by atoms with E-state index in [1.807, 2.05) is 0 Å². The monoisotopic (exact) mass is 390 g/mol. The number of benzene rings is 4. The standard InChI is InChI=1S/C22H14O7/c23-16-10-12-6-2-3-7-13(12)19(17(16)22(27)28)29-20-14-8-4-1-5-11(14)9-15(18(20)24)21(25)26/h1-10,23-24H,(H,25,26)(H,27,28). The number of phenols is 2. The van der Waals surface area contributed by atoms with Gasteiger partial charge in [-0.2, -0.15) is 0 Å². The molecule has 4 aromatic rings. The van der Waals surface area contributed by atoms with E-state index >= 15 is 0 Å². The highest BCUT2D eigenvalue weighted by molar-refractivity contribution is 6.05. The number of aromatic carboxylic acids is 2. The Kier molecular flexibility index (Phi) is 4.20. The minimum Gasteiger partial charge on any atom is -0.507 e. The highest BCUT2D eigenvalue weighted by Crippen LogP contribution is 2.45. The van der Waals surface area contributed by atoms with Crippen LogP contribution in [0.5, 0.6) is 23.0 Å². The van der Waals surface area contributed by atoms with E-state index in [0.717, 1.165) is 0 Å². The van der Waals surface area contributed by atoms with Gasteiger partial charge in [0.1, 0.15) is 16.9 Å². The molecule has 0 amide bonds. The minimum absolute atomic E-state index is 0.198. The Balaban J connectivity index is 2.07. The summed E-state index contributed by atoms with van der Waals surface area (Å²) in [6.45, 7) is 0. The third-order valence-electron chi connectivity index (χ3n) is 4.60. The number of rotatable bonds is 4. The van der Waals surface area contributed by atoms with Crippen molar-refractivity contribution >= 4 is 33.5 Å². The summed E-state index contributed by atoms with van der Waals surface area (Å²) in [7, 11) is 0. The SMILES string of the molecule is O=C(O)c1cc2ccccc2c(Oc2c(C(=O)O)c(O)cc3ccccc23)c1O. The van der Waals surface area contributed by atoms with Crippen LogP contribution in [0.4, 0.5) is 0 Å². The Morgan fingerprint density at radius 2 is 1.28 bits per heavy atom. The molecule has 0 saturated carbocycles. The Morgan fingerprint density at radius 3 is 1.86 bits per heavy atom. The fraction of sp³-hybridized carbons (Fsp3) is 0. The van der Waals surface area contributed by atoms with Crippen LogP contribution in [0.3, 0.4) is 0 Å². The maximum Gasteiger partial charge on any atom is 0.343 e. The molecule has 0 saturated heterocycles. The molecule has 0 spiro atoms. The predicted molar refractivity (Wildman–Crippen MR) is 105 cm³/mol. The van der Waals surface area contributed by atoms with Crippen LogP contribution in [0.15, 0.2) is 60.7 Å². The summed E-state index contributed by atoms with van der Waals surface area (Å²) in [5.74, 6) is -4.35. The fourth-order valence-corrected chi connectivity index (χ4v) is 3.28. The second-order valence-corrected chi connectivity index (χ2v) is 6.36. The molecule has 0 aliphatic carbocycles. The topological polar surface area (TPSA) is 124 Å². The van der Waals surface area contributed by atoms with E-state index in [4.69, 9.17) is 4.74 Å². The minimum atomic E-state index is -1.43. The first-order valence-corrected chi connectivity index (χ1v) is 8.52. The van der Waals surface area contributed by atoms with Gasteiger partial charge >= 0.3 is 11.9 Å². The third kappa shape index (κ3) is 2.94. The Bertz CT molecular complexity index is 1310. The molecule has 7 nitrogen and oxygen atoms in total. The maximum atomic E-state index is 11.8. The fourth-order valence-electron chi connectivity index (χ4n) is 3.28. The number of hydrogen-bond donors (Lipinski definition) is 4. The van der Waals surface area contributed by atoms with Crippen LogP contribution in [-0.4, -0.2) is 32.4 Å². The predicted octanol–water partition coefficient (Wildman–Crippen LogP) is 4.59. The quantitative estimate of drug-likeness (QED) is 0.402. The van der Waals surface area contributed by atoms with Crippen molar-refractivity contribution < 1.29 is 34.8 Å². The zero-order valence-corrected chi connectivity index (χ0v) is 14.8. The molecule has 0 aliphatic heterocycles. The van der Waals surface area contributed by atoms with Crippen LogP contribution in [0.1, 0.15) is 20.7 Å². The van der Waals surface area contributed by atoms with E-state index < -0.39 is 29.0 Å². The Labute approximate surface area is 163 Å². The summed E-state index contributed by atoms with van der Waals surface area (Å²) in [5, 5.41) is 41.6. The summed E-state index contributed by atoms with van der Waals surface area (Å²) >= 11 is 0. The number of aromatic hydroxyl groups is 2. The van der Waals surface area contributed by atoms with Crippen molar-refractivity contribution in [1.29, 1.82) is 0 Å². The normalized spacial score (nSPS) is 10.9. The molecular weight excluding hydrogens is 376 g/mol. The highest BCUT2D eigenvalue weighted by atomic mass is 16.5. The number of carboxylic acids is 2. The van der Waals surface area contributed by atoms with Crippen LogP contribution in [0, 0.1) is 0 Å². The Hall–Kier alpha value is -4.26. The average Bonchev–Trinajstić information content (AvgIpc) is 2.69. The first-order chi connectivity index (χ1) is 13.9. The number of hydrogen-bond acceptors (Lipinski definition) is 5. The van der Waals surface area contributed by atoms with Gasteiger partial charge in [0.15, 0.2) is 17.2 Å². The van der Waals surface area contributed by atoms with Crippen molar-refractivity contribution in [3.63, 3.8) is 0 Å². The van der Waals surface area contributed by atoms with Crippen LogP contribution in [-0.2, 0) is 0 Å². The molecular formula is C22H14O7. The molecule has 4 rings (SSSR count). The van der Waals surface area contributed by atoms with Gasteiger partial charge in [-0.1, -0.05) is 48.5 Å². The van der Waals surface area contributed by atoms with E-state index in [1.54, 1.807) is 48.5 Å². The molecule has 0 atom stereocenters. The molecule has 0 heterocycles. The van der Waals surface area contributed by atoms with Crippen molar-refractivity contribution in [2.45, 2.75) is 0 Å². The molecule has 4 N–H and O–H groups in total. The van der Waals surface area contributed by atoms with E-state index in [9.17, 15) is 30.0 Å². The third-order valence-corrected chi connectivity index (χ3v) is 4.60. The number of fused-ring (bicyclic) bond motifs is 2. The van der Waals surface area contributed by atoms with E-state index in [2.05, 4.69) is 0 Å². The molecule has 0 radical (unpaired) electrons. The molecule has 4 aromatic carbocycles. The van der Waals surface area contributed by atoms with E-state index in [-0.39, 0.29) is 17.1 Å². The second-order valence-electron chi connectivity index (χ2n) is 6.36. The van der Waals surface area contributed by atoms with Gasteiger partial charge in [-0.05, 0) is 22.9 Å². The van der Waals surface area contributed by atoms with E-state index in [0.29, 0.717) is 21.5 Å². The zero-order valence-electron chi connectivity index (χ0n) is 14.8. The Morgan fingerprint density at radius 1 is 0.724 bits per heavy atom. The lowest BCUT2D eigenvalue weighted by Crippen LogP contribution is -2.03. The highest BCUT2D eigenvalue weighted by Gasteiger charge is 2.25. The molecule has 0 fully saturated rings. The van der Waals surface area contributed by atoms with Gasteiger partial charge in [0, 0.05) is 10.8 Å². The summed E-state index contributed by atoms with van der Waals surface area (Å²) in [6, 6.07) is 15.9. The summed E-state index contributed by atoms with van der Waals surface area (Å²) in [5.41, 5.74) is -0.882. The number of ether oxygens (including phenoxy) is 1. The first-order valence-electron chi connectivity index (χ1n) is 8.52. The smallest absolute Gasteiger partial charge is 0.343 e. The zero-order chi connectivity index (χ0) is 20.7. The van der Waals surface area contributed by atoms with Crippen LogP contribution < -0.4 is 4.74 Å². The molecule has 0 aromatic heterocycles. The van der Waals surface area contributed by atoms with Gasteiger partial charge in [-0.3, -0.25) is 0 Å². The van der Waals surface area contributed by atoms with Crippen molar-refractivity contribution in [2.75, 3.05) is 0 Å².